The number of hydrogen-bond donors (Lipinski definition) is 1. The van der Waals surface area contributed by atoms with Crippen LogP contribution < -0.4 is 4.90 Å². The topological polar surface area (TPSA) is 103 Å². The zero-order valence-corrected chi connectivity index (χ0v) is 15.4. The van der Waals surface area contributed by atoms with E-state index in [1.54, 1.807) is 24.4 Å². The predicted molar refractivity (Wildman–Crippen MR) is 109 cm³/mol. The first-order chi connectivity index (χ1) is 13.6. The van der Waals surface area contributed by atoms with Gasteiger partial charge < -0.3 is 9.88 Å². The van der Waals surface area contributed by atoms with E-state index in [0.29, 0.717) is 5.69 Å². The predicted octanol–water partition coefficient (Wildman–Crippen LogP) is 3.81. The molecule has 0 radical (unpaired) electrons. The van der Waals surface area contributed by atoms with Crippen molar-refractivity contribution in [1.29, 1.82) is 15.8 Å². The fourth-order valence-corrected chi connectivity index (χ4v) is 2.89. The molecule has 0 spiro atoms. The van der Waals surface area contributed by atoms with Crippen LogP contribution in [0.15, 0.2) is 64.8 Å². The third-order valence-corrected chi connectivity index (χ3v) is 4.29. The first-order valence-corrected chi connectivity index (χ1v) is 8.46. The standard InChI is InChI=1S/C22H16N6/c1-28(2)17-7-5-15(6-8-17)22(20-4-3-11-26-20)21-10-9-19(27-21)18(14-25)16(12-23)13-24/h3-11,27H,1-2H3/b22-20-. The van der Waals surface area contributed by atoms with Gasteiger partial charge in [0.2, 0.25) is 0 Å². The number of allylic oxidation sites excluding steroid dienone is 4. The van der Waals surface area contributed by atoms with Crippen molar-refractivity contribution in [1.82, 2.24) is 4.98 Å². The first kappa shape index (κ1) is 18.5. The molecule has 0 saturated carbocycles. The van der Waals surface area contributed by atoms with Crippen LogP contribution in [-0.4, -0.2) is 25.3 Å². The number of hydrogen-bond acceptors (Lipinski definition) is 5. The van der Waals surface area contributed by atoms with Crippen molar-refractivity contribution in [2.75, 3.05) is 19.0 Å². The smallest absolute Gasteiger partial charge is 0.149 e. The van der Waals surface area contributed by atoms with Crippen molar-refractivity contribution < 1.29 is 0 Å². The van der Waals surface area contributed by atoms with Gasteiger partial charge in [0.1, 0.15) is 29.4 Å². The van der Waals surface area contributed by atoms with Gasteiger partial charge in [0.25, 0.3) is 0 Å². The summed E-state index contributed by atoms with van der Waals surface area (Å²) in [6, 6.07) is 17.1. The molecule has 0 atom stereocenters. The number of nitriles is 3. The highest BCUT2D eigenvalue weighted by atomic mass is 15.1. The Morgan fingerprint density at radius 1 is 0.929 bits per heavy atom. The lowest BCUT2D eigenvalue weighted by atomic mass is 10.00. The number of H-pyrrole nitrogens is 1. The summed E-state index contributed by atoms with van der Waals surface area (Å²) >= 11 is 0. The molecule has 0 fully saturated rings. The Hall–Kier alpha value is -4.34. The average Bonchev–Trinajstić information content (AvgIpc) is 3.39. The maximum atomic E-state index is 9.39. The molecule has 6 heteroatoms. The minimum Gasteiger partial charge on any atom is -0.378 e. The van der Waals surface area contributed by atoms with E-state index in [4.69, 9.17) is 10.5 Å². The molecule has 0 saturated heterocycles. The van der Waals surface area contributed by atoms with E-state index in [-0.39, 0.29) is 11.1 Å². The molecule has 2 heterocycles. The molecule has 6 nitrogen and oxygen atoms in total. The molecule has 0 bridgehead atoms. The van der Waals surface area contributed by atoms with Crippen LogP contribution in [-0.2, 0) is 0 Å². The van der Waals surface area contributed by atoms with Crippen LogP contribution in [0.25, 0.3) is 11.1 Å². The molecule has 28 heavy (non-hydrogen) atoms. The second-order valence-corrected chi connectivity index (χ2v) is 6.21. The number of nitrogens with zero attached hydrogens (tertiary/aromatic N) is 5. The number of aromatic nitrogens is 1. The number of rotatable bonds is 4. The fourth-order valence-electron chi connectivity index (χ4n) is 2.89. The number of benzene rings is 1. The molecule has 1 aromatic heterocycles. The SMILES string of the molecule is CN(C)c1ccc(/C(=C2\C=CC=N2)c2ccc(C(C#N)=C(C#N)C#N)[nH]2)cc1. The monoisotopic (exact) mass is 364 g/mol. The van der Waals surface area contributed by atoms with Crippen molar-refractivity contribution in [3.05, 3.63) is 76.8 Å². The molecule has 2 aromatic rings. The molecular formula is C22H16N6. The maximum absolute atomic E-state index is 9.39. The minimum atomic E-state index is -0.223. The maximum Gasteiger partial charge on any atom is 0.149 e. The molecule has 134 valence electrons. The van der Waals surface area contributed by atoms with E-state index in [9.17, 15) is 5.26 Å². The van der Waals surface area contributed by atoms with Crippen molar-refractivity contribution >= 4 is 23.0 Å². The third-order valence-electron chi connectivity index (χ3n) is 4.29. The molecule has 1 N–H and O–H groups in total. The summed E-state index contributed by atoms with van der Waals surface area (Å²) < 4.78 is 0. The molecule has 1 aliphatic heterocycles. The van der Waals surface area contributed by atoms with Crippen molar-refractivity contribution in [2.45, 2.75) is 0 Å². The summed E-state index contributed by atoms with van der Waals surface area (Å²) in [5.41, 5.74) is 4.66. The van der Waals surface area contributed by atoms with E-state index in [1.807, 2.05) is 67.5 Å². The van der Waals surface area contributed by atoms with E-state index < -0.39 is 0 Å². The van der Waals surface area contributed by atoms with Gasteiger partial charge in [0.15, 0.2) is 0 Å². The van der Waals surface area contributed by atoms with Gasteiger partial charge in [0, 0.05) is 37.3 Å². The highest BCUT2D eigenvalue weighted by Gasteiger charge is 2.16. The lowest BCUT2D eigenvalue weighted by Gasteiger charge is -2.14. The Balaban J connectivity index is 2.13. The van der Waals surface area contributed by atoms with Crippen LogP contribution in [0.3, 0.4) is 0 Å². The zero-order chi connectivity index (χ0) is 20.1. The zero-order valence-electron chi connectivity index (χ0n) is 15.4. The quantitative estimate of drug-likeness (QED) is 0.833. The number of anilines is 1. The Bertz CT molecular complexity index is 1120. The molecule has 0 amide bonds. The third kappa shape index (κ3) is 3.46. The summed E-state index contributed by atoms with van der Waals surface area (Å²) in [5, 5.41) is 27.6. The van der Waals surface area contributed by atoms with Crippen LogP contribution >= 0.6 is 0 Å². The van der Waals surface area contributed by atoms with Gasteiger partial charge in [-0.15, -0.1) is 0 Å². The molecule has 0 unspecified atom stereocenters. The van der Waals surface area contributed by atoms with Crippen molar-refractivity contribution in [3.63, 3.8) is 0 Å². The molecule has 0 aliphatic carbocycles. The fraction of sp³-hybridized carbons (Fsp3) is 0.0909. The summed E-state index contributed by atoms with van der Waals surface area (Å²) in [4.78, 5) is 9.61. The van der Waals surface area contributed by atoms with Crippen molar-refractivity contribution in [3.8, 4) is 18.2 Å². The van der Waals surface area contributed by atoms with Gasteiger partial charge in [-0.25, -0.2) is 0 Å². The van der Waals surface area contributed by atoms with E-state index in [0.717, 1.165) is 28.2 Å². The molecule has 1 aromatic carbocycles. The highest BCUT2D eigenvalue weighted by molar-refractivity contribution is 5.90. The Kier molecular flexibility index (Phi) is 5.21. The largest absolute Gasteiger partial charge is 0.378 e. The molecular weight excluding hydrogens is 348 g/mol. The van der Waals surface area contributed by atoms with Crippen LogP contribution in [0.1, 0.15) is 17.0 Å². The van der Waals surface area contributed by atoms with E-state index in [2.05, 4.69) is 9.98 Å². The van der Waals surface area contributed by atoms with Crippen LogP contribution in [0, 0.1) is 34.0 Å². The number of aliphatic imine (C=N–C) groups is 1. The van der Waals surface area contributed by atoms with Gasteiger partial charge in [-0.3, -0.25) is 4.99 Å². The summed E-state index contributed by atoms with van der Waals surface area (Å²) in [7, 11) is 3.96. The van der Waals surface area contributed by atoms with E-state index in [1.165, 1.54) is 0 Å². The number of nitrogens with one attached hydrogen (secondary N) is 1. The van der Waals surface area contributed by atoms with Crippen LogP contribution in [0.4, 0.5) is 5.69 Å². The van der Waals surface area contributed by atoms with Gasteiger partial charge in [-0.05, 0) is 42.0 Å². The highest BCUT2D eigenvalue weighted by Crippen LogP contribution is 2.31. The lowest BCUT2D eigenvalue weighted by Crippen LogP contribution is -2.08. The van der Waals surface area contributed by atoms with Gasteiger partial charge >= 0.3 is 0 Å². The Morgan fingerprint density at radius 3 is 2.14 bits per heavy atom. The lowest BCUT2D eigenvalue weighted by molar-refractivity contribution is 1.13. The van der Waals surface area contributed by atoms with Gasteiger partial charge in [-0.2, -0.15) is 15.8 Å². The molecule has 3 rings (SSSR count). The average molecular weight is 364 g/mol. The normalized spacial score (nSPS) is 13.4. The Labute approximate surface area is 163 Å². The summed E-state index contributed by atoms with van der Waals surface area (Å²) in [5.74, 6) is 0. The van der Waals surface area contributed by atoms with Gasteiger partial charge in [0.05, 0.1) is 11.4 Å². The van der Waals surface area contributed by atoms with Crippen LogP contribution in [0.5, 0.6) is 0 Å². The van der Waals surface area contributed by atoms with Gasteiger partial charge in [-0.1, -0.05) is 12.1 Å². The molecule has 1 aliphatic rings. The number of aromatic amines is 1. The second-order valence-electron chi connectivity index (χ2n) is 6.21. The van der Waals surface area contributed by atoms with Crippen LogP contribution in [0.2, 0.25) is 0 Å². The first-order valence-electron chi connectivity index (χ1n) is 8.46. The summed E-state index contributed by atoms with van der Waals surface area (Å²) in [6.07, 6.45) is 5.49. The summed E-state index contributed by atoms with van der Waals surface area (Å²) in [6.45, 7) is 0. The van der Waals surface area contributed by atoms with E-state index >= 15 is 0 Å². The minimum absolute atomic E-state index is 0.0222. The Morgan fingerprint density at radius 2 is 1.61 bits per heavy atom. The van der Waals surface area contributed by atoms with Crippen molar-refractivity contribution in [2.24, 2.45) is 4.99 Å². The second kappa shape index (κ2) is 7.91.